The summed E-state index contributed by atoms with van der Waals surface area (Å²) in [6.07, 6.45) is 2.77. The largest absolute Gasteiger partial charge is 0.308 e. The van der Waals surface area contributed by atoms with Crippen LogP contribution < -0.4 is 5.32 Å². The second kappa shape index (κ2) is 6.71. The van der Waals surface area contributed by atoms with Crippen LogP contribution in [0.1, 0.15) is 26.1 Å². The van der Waals surface area contributed by atoms with E-state index in [0.29, 0.717) is 12.0 Å². The maximum absolute atomic E-state index is 4.22. The van der Waals surface area contributed by atoms with Gasteiger partial charge in [0, 0.05) is 19.6 Å². The van der Waals surface area contributed by atoms with Crippen LogP contribution in [0.3, 0.4) is 0 Å². The minimum Gasteiger partial charge on any atom is -0.308 e. The van der Waals surface area contributed by atoms with Gasteiger partial charge in [-0.1, -0.05) is 13.8 Å². The van der Waals surface area contributed by atoms with Crippen molar-refractivity contribution in [2.24, 2.45) is 13.0 Å². The van der Waals surface area contributed by atoms with E-state index >= 15 is 0 Å². The maximum atomic E-state index is 4.22. The molecule has 17 heavy (non-hydrogen) atoms. The fourth-order valence-corrected chi connectivity index (χ4v) is 1.95. The third-order valence-corrected chi connectivity index (χ3v) is 2.70. The molecule has 0 aliphatic rings. The highest BCUT2D eigenvalue weighted by atomic mass is 15.3. The van der Waals surface area contributed by atoms with Gasteiger partial charge in [-0.05, 0) is 26.4 Å². The molecule has 0 amide bonds. The summed E-state index contributed by atoms with van der Waals surface area (Å²) < 4.78 is 1.81. The molecule has 0 bridgehead atoms. The monoisotopic (exact) mass is 239 g/mol. The average molecular weight is 239 g/mol. The zero-order valence-corrected chi connectivity index (χ0v) is 11.6. The first-order valence-electron chi connectivity index (χ1n) is 6.20. The summed E-state index contributed by atoms with van der Waals surface area (Å²) in [6, 6.07) is 0.502. The minimum atomic E-state index is 0.502. The van der Waals surface area contributed by atoms with Gasteiger partial charge in [-0.3, -0.25) is 4.68 Å². The molecule has 0 aromatic carbocycles. The highest BCUT2D eigenvalue weighted by Gasteiger charge is 2.12. The van der Waals surface area contributed by atoms with E-state index < -0.39 is 0 Å². The maximum Gasteiger partial charge on any atom is 0.140 e. The van der Waals surface area contributed by atoms with Crippen LogP contribution in [0.25, 0.3) is 0 Å². The van der Waals surface area contributed by atoms with Crippen LogP contribution in [0.4, 0.5) is 0 Å². The Balaban J connectivity index is 2.45. The predicted octanol–water partition coefficient (Wildman–Crippen LogP) is 0.881. The number of aromatic nitrogens is 3. The van der Waals surface area contributed by atoms with Gasteiger partial charge in [-0.25, -0.2) is 4.98 Å². The Kier molecular flexibility index (Phi) is 5.58. The van der Waals surface area contributed by atoms with E-state index in [9.17, 15) is 0 Å². The molecule has 1 rings (SSSR count). The zero-order chi connectivity index (χ0) is 12.8. The highest BCUT2D eigenvalue weighted by molar-refractivity contribution is 4.84. The van der Waals surface area contributed by atoms with Gasteiger partial charge in [0.05, 0.1) is 6.54 Å². The van der Waals surface area contributed by atoms with E-state index in [1.165, 1.54) is 6.42 Å². The molecule has 98 valence electrons. The standard InChI is InChI=1S/C12H25N5/c1-10(2)6-11(8-16(3)4)13-7-12-14-9-15-17(12)5/h9-11,13H,6-8H2,1-5H3. The summed E-state index contributed by atoms with van der Waals surface area (Å²) in [5.74, 6) is 1.68. The van der Waals surface area contributed by atoms with Gasteiger partial charge >= 0.3 is 0 Å². The molecule has 0 radical (unpaired) electrons. The van der Waals surface area contributed by atoms with Gasteiger partial charge in [0.1, 0.15) is 12.2 Å². The molecule has 1 atom stereocenters. The van der Waals surface area contributed by atoms with Crippen molar-refractivity contribution in [3.05, 3.63) is 12.2 Å². The molecule has 1 heterocycles. The molecule has 5 nitrogen and oxygen atoms in total. The normalized spacial score (nSPS) is 13.6. The Morgan fingerprint density at radius 1 is 1.41 bits per heavy atom. The van der Waals surface area contributed by atoms with Crippen LogP contribution in [0, 0.1) is 5.92 Å². The third kappa shape index (κ3) is 5.28. The lowest BCUT2D eigenvalue weighted by Gasteiger charge is -2.23. The predicted molar refractivity (Wildman–Crippen MR) is 69.6 cm³/mol. The van der Waals surface area contributed by atoms with Gasteiger partial charge in [-0.2, -0.15) is 5.10 Å². The Hall–Kier alpha value is -0.940. The number of aryl methyl sites for hydroxylation is 1. The first-order chi connectivity index (χ1) is 7.99. The number of hydrogen-bond donors (Lipinski definition) is 1. The lowest BCUT2D eigenvalue weighted by Crippen LogP contribution is -2.39. The summed E-state index contributed by atoms with van der Waals surface area (Å²) in [5, 5.41) is 7.63. The first kappa shape index (κ1) is 14.1. The first-order valence-corrected chi connectivity index (χ1v) is 6.20. The van der Waals surface area contributed by atoms with E-state index in [4.69, 9.17) is 0 Å². The molecule has 0 saturated carbocycles. The van der Waals surface area contributed by atoms with Crippen LogP contribution in [0.15, 0.2) is 6.33 Å². The van der Waals surface area contributed by atoms with Crippen molar-refractivity contribution in [1.82, 2.24) is 25.0 Å². The molecule has 0 fully saturated rings. The number of rotatable bonds is 7. The Morgan fingerprint density at radius 3 is 2.59 bits per heavy atom. The van der Waals surface area contributed by atoms with E-state index in [0.717, 1.165) is 18.9 Å². The number of hydrogen-bond acceptors (Lipinski definition) is 4. The molecule has 1 aromatic rings. The fraction of sp³-hybridized carbons (Fsp3) is 0.833. The van der Waals surface area contributed by atoms with Crippen LogP contribution in [-0.2, 0) is 13.6 Å². The van der Waals surface area contributed by atoms with Gasteiger partial charge in [0.15, 0.2) is 0 Å². The third-order valence-electron chi connectivity index (χ3n) is 2.70. The van der Waals surface area contributed by atoms with Crippen LogP contribution in [0.5, 0.6) is 0 Å². The fourth-order valence-electron chi connectivity index (χ4n) is 1.95. The minimum absolute atomic E-state index is 0.502. The smallest absolute Gasteiger partial charge is 0.140 e. The van der Waals surface area contributed by atoms with Gasteiger partial charge in [-0.15, -0.1) is 0 Å². The molecule has 1 unspecified atom stereocenters. The zero-order valence-electron chi connectivity index (χ0n) is 11.6. The van der Waals surface area contributed by atoms with E-state index in [-0.39, 0.29) is 0 Å². The molecule has 1 aromatic heterocycles. The van der Waals surface area contributed by atoms with E-state index in [2.05, 4.69) is 48.2 Å². The van der Waals surface area contributed by atoms with Gasteiger partial charge < -0.3 is 10.2 Å². The second-order valence-electron chi connectivity index (χ2n) is 5.27. The molecular weight excluding hydrogens is 214 g/mol. The van der Waals surface area contributed by atoms with Crippen molar-refractivity contribution >= 4 is 0 Å². The number of nitrogens with one attached hydrogen (secondary N) is 1. The van der Waals surface area contributed by atoms with Crippen molar-refractivity contribution in [2.75, 3.05) is 20.6 Å². The lowest BCUT2D eigenvalue weighted by molar-refractivity contribution is 0.302. The van der Waals surface area contributed by atoms with Crippen molar-refractivity contribution in [3.8, 4) is 0 Å². The van der Waals surface area contributed by atoms with Gasteiger partial charge in [0.2, 0.25) is 0 Å². The SMILES string of the molecule is CC(C)CC(CN(C)C)NCc1ncnn1C. The Bertz CT molecular complexity index is 308. The molecule has 0 spiro atoms. The van der Waals surface area contributed by atoms with Crippen LogP contribution in [-0.4, -0.2) is 46.3 Å². The van der Waals surface area contributed by atoms with E-state index in [1.54, 1.807) is 6.33 Å². The van der Waals surface area contributed by atoms with Crippen molar-refractivity contribution in [3.63, 3.8) is 0 Å². The van der Waals surface area contributed by atoms with Crippen molar-refractivity contribution in [1.29, 1.82) is 0 Å². The van der Waals surface area contributed by atoms with Gasteiger partial charge in [0.25, 0.3) is 0 Å². The molecule has 0 aliphatic carbocycles. The van der Waals surface area contributed by atoms with Crippen LogP contribution in [0.2, 0.25) is 0 Å². The summed E-state index contributed by atoms with van der Waals surface area (Å²) in [7, 11) is 6.14. The quantitative estimate of drug-likeness (QED) is 0.767. The molecular formula is C12H25N5. The Morgan fingerprint density at radius 2 is 2.12 bits per heavy atom. The van der Waals surface area contributed by atoms with Crippen LogP contribution >= 0.6 is 0 Å². The molecule has 0 aliphatic heterocycles. The summed E-state index contributed by atoms with van der Waals surface area (Å²) in [6.45, 7) is 6.34. The highest BCUT2D eigenvalue weighted by Crippen LogP contribution is 2.06. The second-order valence-corrected chi connectivity index (χ2v) is 5.27. The van der Waals surface area contributed by atoms with E-state index in [1.807, 2.05) is 11.7 Å². The lowest BCUT2D eigenvalue weighted by atomic mass is 10.0. The average Bonchev–Trinajstić information content (AvgIpc) is 2.59. The van der Waals surface area contributed by atoms with Crippen molar-refractivity contribution < 1.29 is 0 Å². The van der Waals surface area contributed by atoms with Crippen molar-refractivity contribution in [2.45, 2.75) is 32.9 Å². The molecule has 1 N–H and O–H groups in total. The molecule has 5 heteroatoms. The topological polar surface area (TPSA) is 46.0 Å². The summed E-state index contributed by atoms with van der Waals surface area (Å²) >= 11 is 0. The Labute approximate surface area is 104 Å². The summed E-state index contributed by atoms with van der Waals surface area (Å²) in [4.78, 5) is 6.44. The number of likely N-dealkylation sites (N-methyl/N-ethyl adjacent to an activating group) is 1. The number of nitrogens with zero attached hydrogens (tertiary/aromatic N) is 4. The summed E-state index contributed by atoms with van der Waals surface area (Å²) in [5.41, 5.74) is 0. The molecule has 0 saturated heterocycles.